The van der Waals surface area contributed by atoms with Gasteiger partial charge in [-0.3, -0.25) is 4.79 Å². The maximum Gasteiger partial charge on any atom is 0.305 e. The number of carbonyl (C=O) groups excluding carboxylic acids is 1. The lowest BCUT2D eigenvalue weighted by molar-refractivity contribution is -0.143. The first-order valence-corrected chi connectivity index (χ1v) is 9.17. The summed E-state index contributed by atoms with van der Waals surface area (Å²) in [6, 6.07) is 0. The molecule has 0 amide bonds. The molecule has 0 saturated heterocycles. The maximum absolute atomic E-state index is 11.2. The summed E-state index contributed by atoms with van der Waals surface area (Å²) in [5.74, 6) is -0.0940. The van der Waals surface area contributed by atoms with E-state index in [1.807, 2.05) is 0 Å². The number of nitrogens with two attached hydrogens (primary N) is 1. The van der Waals surface area contributed by atoms with Crippen LogP contribution in [0, 0.1) is 0 Å². The van der Waals surface area contributed by atoms with Gasteiger partial charge in [-0.05, 0) is 6.42 Å². The van der Waals surface area contributed by atoms with Gasteiger partial charge in [0, 0.05) is 13.0 Å². The lowest BCUT2D eigenvalue weighted by Gasteiger charge is -2.04. The minimum atomic E-state index is -0.0940. The highest BCUT2D eigenvalue weighted by Gasteiger charge is 2.01. The smallest absolute Gasteiger partial charge is 0.305 e. The van der Waals surface area contributed by atoms with Crippen LogP contribution in [0.3, 0.4) is 0 Å². The molecule has 0 rings (SSSR count). The molecular weight excluding hydrogens is 262 g/mol. The molecule has 0 spiro atoms. The number of carbonyl (C=O) groups is 1. The molecule has 0 radical (unpaired) electrons. The Kier molecular flexibility index (Phi) is 17.0. The lowest BCUT2D eigenvalue weighted by atomic mass is 10.0. The molecule has 0 fully saturated rings. The third-order valence-corrected chi connectivity index (χ3v) is 3.87. The van der Waals surface area contributed by atoms with Gasteiger partial charge in [-0.25, -0.2) is 0 Å². The molecule has 0 aromatic carbocycles. The molecule has 0 saturated carbocycles. The fraction of sp³-hybridized carbons (Fsp3) is 0.944. The summed E-state index contributed by atoms with van der Waals surface area (Å²) in [6.07, 6.45) is 17.8. The number of ether oxygens (including phenoxy) is 1. The van der Waals surface area contributed by atoms with Crippen LogP contribution < -0.4 is 5.73 Å². The van der Waals surface area contributed by atoms with E-state index in [9.17, 15) is 4.79 Å². The van der Waals surface area contributed by atoms with E-state index in [0.717, 1.165) is 12.8 Å². The largest absolute Gasteiger partial charge is 0.464 e. The Morgan fingerprint density at radius 2 is 1.19 bits per heavy atom. The van der Waals surface area contributed by atoms with Crippen LogP contribution >= 0.6 is 0 Å². The van der Waals surface area contributed by atoms with Gasteiger partial charge in [0.15, 0.2) is 0 Å². The van der Waals surface area contributed by atoms with Crippen molar-refractivity contribution < 1.29 is 9.53 Å². The molecule has 0 heterocycles. The molecule has 0 aliphatic rings. The molecule has 3 heteroatoms. The zero-order valence-corrected chi connectivity index (χ0v) is 14.2. The predicted molar refractivity (Wildman–Crippen MR) is 90.3 cm³/mol. The van der Waals surface area contributed by atoms with Crippen molar-refractivity contribution in [1.82, 2.24) is 0 Å². The van der Waals surface area contributed by atoms with Crippen LogP contribution in [0.2, 0.25) is 0 Å². The molecular formula is C18H37NO2. The molecule has 0 bridgehead atoms. The van der Waals surface area contributed by atoms with Crippen molar-refractivity contribution in [1.29, 1.82) is 0 Å². The van der Waals surface area contributed by atoms with Crippen LogP contribution in [0.25, 0.3) is 0 Å². The summed E-state index contributed by atoms with van der Waals surface area (Å²) in [4.78, 5) is 11.2. The van der Waals surface area contributed by atoms with Crippen molar-refractivity contribution in [3.8, 4) is 0 Å². The van der Waals surface area contributed by atoms with Gasteiger partial charge in [0.1, 0.15) is 6.61 Å². The monoisotopic (exact) mass is 299 g/mol. The predicted octanol–water partition coefficient (Wildman–Crippen LogP) is 4.97. The highest BCUT2D eigenvalue weighted by atomic mass is 16.5. The van der Waals surface area contributed by atoms with E-state index in [1.165, 1.54) is 70.6 Å². The van der Waals surface area contributed by atoms with Gasteiger partial charge >= 0.3 is 5.97 Å². The van der Waals surface area contributed by atoms with Crippen LogP contribution in [-0.4, -0.2) is 19.1 Å². The van der Waals surface area contributed by atoms with Gasteiger partial charge in [0.05, 0.1) is 0 Å². The van der Waals surface area contributed by atoms with Crippen LogP contribution in [0.1, 0.15) is 96.8 Å². The second-order valence-electron chi connectivity index (χ2n) is 6.00. The highest BCUT2D eigenvalue weighted by Crippen LogP contribution is 2.12. The van der Waals surface area contributed by atoms with Crippen molar-refractivity contribution in [2.45, 2.75) is 96.8 Å². The summed E-state index contributed by atoms with van der Waals surface area (Å²) < 4.78 is 4.93. The van der Waals surface area contributed by atoms with E-state index in [2.05, 4.69) is 6.92 Å². The quantitative estimate of drug-likeness (QED) is 0.323. The van der Waals surface area contributed by atoms with Crippen molar-refractivity contribution in [3.05, 3.63) is 0 Å². The van der Waals surface area contributed by atoms with E-state index in [4.69, 9.17) is 10.5 Å². The first-order chi connectivity index (χ1) is 10.3. The van der Waals surface area contributed by atoms with E-state index >= 15 is 0 Å². The molecule has 2 N–H and O–H groups in total. The standard InChI is InChI=1S/C18H37NO2/c1-2-3-4-5-6-7-8-9-10-11-12-13-14-15-18(20)21-17-16-19/h2-17,19H2,1H3. The number of rotatable bonds is 16. The van der Waals surface area contributed by atoms with Gasteiger partial charge in [-0.2, -0.15) is 0 Å². The first-order valence-electron chi connectivity index (χ1n) is 9.17. The van der Waals surface area contributed by atoms with Crippen LogP contribution in [-0.2, 0) is 9.53 Å². The third-order valence-electron chi connectivity index (χ3n) is 3.87. The number of esters is 1. The molecule has 0 atom stereocenters. The van der Waals surface area contributed by atoms with E-state index in [-0.39, 0.29) is 5.97 Å². The van der Waals surface area contributed by atoms with Gasteiger partial charge in [0.2, 0.25) is 0 Å². The third kappa shape index (κ3) is 17.4. The lowest BCUT2D eigenvalue weighted by Crippen LogP contribution is -2.13. The molecule has 21 heavy (non-hydrogen) atoms. The first kappa shape index (κ1) is 20.4. The molecule has 0 aromatic heterocycles. The Hall–Kier alpha value is -0.570. The fourth-order valence-electron chi connectivity index (χ4n) is 2.53. The van der Waals surface area contributed by atoms with Crippen LogP contribution in [0.4, 0.5) is 0 Å². The minimum absolute atomic E-state index is 0.0940. The van der Waals surface area contributed by atoms with Crippen molar-refractivity contribution in [3.63, 3.8) is 0 Å². The second-order valence-corrected chi connectivity index (χ2v) is 6.00. The summed E-state index contributed by atoms with van der Waals surface area (Å²) >= 11 is 0. The molecule has 126 valence electrons. The molecule has 0 aromatic rings. The van der Waals surface area contributed by atoms with Crippen LogP contribution in [0.15, 0.2) is 0 Å². The van der Waals surface area contributed by atoms with Crippen LogP contribution in [0.5, 0.6) is 0 Å². The highest BCUT2D eigenvalue weighted by molar-refractivity contribution is 5.69. The average Bonchev–Trinajstić information content (AvgIpc) is 2.49. The number of unbranched alkanes of at least 4 members (excludes halogenated alkanes) is 12. The fourth-order valence-corrected chi connectivity index (χ4v) is 2.53. The normalized spacial score (nSPS) is 10.8. The van der Waals surface area contributed by atoms with Gasteiger partial charge in [0.25, 0.3) is 0 Å². The Balaban J connectivity index is 3.04. The van der Waals surface area contributed by atoms with E-state index in [1.54, 1.807) is 0 Å². The average molecular weight is 299 g/mol. The van der Waals surface area contributed by atoms with Gasteiger partial charge in [-0.1, -0.05) is 84.0 Å². The van der Waals surface area contributed by atoms with E-state index < -0.39 is 0 Å². The summed E-state index contributed by atoms with van der Waals surface area (Å²) in [5, 5.41) is 0. The zero-order chi connectivity index (χ0) is 15.6. The minimum Gasteiger partial charge on any atom is -0.464 e. The molecule has 0 unspecified atom stereocenters. The molecule has 0 aliphatic carbocycles. The van der Waals surface area contributed by atoms with Gasteiger partial charge < -0.3 is 10.5 Å². The van der Waals surface area contributed by atoms with Gasteiger partial charge in [-0.15, -0.1) is 0 Å². The van der Waals surface area contributed by atoms with E-state index in [0.29, 0.717) is 19.6 Å². The maximum atomic E-state index is 11.2. The van der Waals surface area contributed by atoms with Crippen molar-refractivity contribution >= 4 is 5.97 Å². The SMILES string of the molecule is CCCCCCCCCCCCCCCC(=O)OCCN. The summed E-state index contributed by atoms with van der Waals surface area (Å²) in [7, 11) is 0. The number of hydrogen-bond acceptors (Lipinski definition) is 3. The topological polar surface area (TPSA) is 52.3 Å². The molecule has 3 nitrogen and oxygen atoms in total. The summed E-state index contributed by atoms with van der Waals surface area (Å²) in [5.41, 5.74) is 5.27. The summed E-state index contributed by atoms with van der Waals surface area (Å²) in [6.45, 7) is 3.05. The van der Waals surface area contributed by atoms with Crippen molar-refractivity contribution in [2.24, 2.45) is 5.73 Å². The second kappa shape index (κ2) is 17.5. The Morgan fingerprint density at radius 1 is 0.762 bits per heavy atom. The zero-order valence-electron chi connectivity index (χ0n) is 14.2. The van der Waals surface area contributed by atoms with Crippen molar-refractivity contribution in [2.75, 3.05) is 13.2 Å². The Morgan fingerprint density at radius 3 is 1.62 bits per heavy atom. The Bertz CT molecular complexity index is 219. The molecule has 0 aliphatic heterocycles. The number of hydrogen-bond donors (Lipinski definition) is 1. The Labute approximate surface area is 132 Å².